The van der Waals surface area contributed by atoms with E-state index in [-0.39, 0.29) is 11.9 Å². The summed E-state index contributed by atoms with van der Waals surface area (Å²) in [7, 11) is 0. The summed E-state index contributed by atoms with van der Waals surface area (Å²) in [6.07, 6.45) is 0.125. The minimum atomic E-state index is 0.0731. The van der Waals surface area contributed by atoms with Crippen molar-refractivity contribution in [2.75, 3.05) is 0 Å². The Morgan fingerprint density at radius 1 is 1.25 bits per heavy atom. The number of benzene rings is 1. The molecule has 2 nitrogen and oxygen atoms in total. The molecule has 0 bridgehead atoms. The van der Waals surface area contributed by atoms with E-state index in [0.29, 0.717) is 11.5 Å². The van der Waals surface area contributed by atoms with Crippen LogP contribution in [0.5, 0.6) is 5.75 Å². The van der Waals surface area contributed by atoms with Crippen LogP contribution in [0.4, 0.5) is 0 Å². The van der Waals surface area contributed by atoms with Crippen molar-refractivity contribution in [1.29, 1.82) is 0 Å². The molecular formula is C14H20O2. The highest BCUT2D eigenvalue weighted by molar-refractivity contribution is 5.59. The molecule has 0 aliphatic heterocycles. The second-order valence-corrected chi connectivity index (χ2v) is 4.52. The van der Waals surface area contributed by atoms with Gasteiger partial charge in [-0.3, -0.25) is 0 Å². The van der Waals surface area contributed by atoms with Gasteiger partial charge in [-0.05, 0) is 31.4 Å². The van der Waals surface area contributed by atoms with Gasteiger partial charge in [-0.2, -0.15) is 0 Å². The zero-order valence-corrected chi connectivity index (χ0v) is 10.4. The van der Waals surface area contributed by atoms with Gasteiger partial charge in [-0.15, -0.1) is 0 Å². The summed E-state index contributed by atoms with van der Waals surface area (Å²) in [6, 6.07) is 5.70. The second kappa shape index (κ2) is 5.06. The van der Waals surface area contributed by atoms with Gasteiger partial charge in [0, 0.05) is 5.56 Å². The fourth-order valence-electron chi connectivity index (χ4n) is 1.55. The van der Waals surface area contributed by atoms with Crippen molar-refractivity contribution in [2.24, 2.45) is 0 Å². The summed E-state index contributed by atoms with van der Waals surface area (Å²) >= 11 is 0. The third-order valence-electron chi connectivity index (χ3n) is 2.33. The van der Waals surface area contributed by atoms with Crippen molar-refractivity contribution in [1.82, 2.24) is 0 Å². The van der Waals surface area contributed by atoms with Crippen LogP contribution in [0.3, 0.4) is 0 Å². The largest absolute Gasteiger partial charge is 0.508 e. The lowest BCUT2D eigenvalue weighted by atomic mass is 10.00. The summed E-state index contributed by atoms with van der Waals surface area (Å²) in [5.74, 6) is 1.30. The molecule has 0 radical (unpaired) electrons. The molecule has 1 N–H and O–H groups in total. The summed E-state index contributed by atoms with van der Waals surface area (Å²) in [5.41, 5.74) is 1.86. The predicted molar refractivity (Wildman–Crippen MR) is 68.0 cm³/mol. The molecule has 0 aromatic heterocycles. The average molecular weight is 220 g/mol. The molecule has 88 valence electrons. The first-order valence-corrected chi connectivity index (χ1v) is 5.60. The van der Waals surface area contributed by atoms with Crippen molar-refractivity contribution in [3.05, 3.63) is 35.9 Å². The highest BCUT2D eigenvalue weighted by Gasteiger charge is 2.11. The summed E-state index contributed by atoms with van der Waals surface area (Å²) in [5, 5.41) is 9.36. The number of hydrogen-bond acceptors (Lipinski definition) is 2. The van der Waals surface area contributed by atoms with Crippen LogP contribution in [0.15, 0.2) is 24.8 Å². The molecule has 0 aliphatic carbocycles. The molecule has 0 fully saturated rings. The van der Waals surface area contributed by atoms with Gasteiger partial charge in [0.1, 0.15) is 11.5 Å². The number of hydrogen-bond donors (Lipinski definition) is 1. The molecule has 1 rings (SSSR count). The molecule has 0 unspecified atom stereocenters. The van der Waals surface area contributed by atoms with Gasteiger partial charge in [-0.1, -0.05) is 32.6 Å². The highest BCUT2D eigenvalue weighted by Crippen LogP contribution is 2.29. The average Bonchev–Trinajstić information content (AvgIpc) is 2.15. The Hall–Kier alpha value is -1.44. The molecule has 0 saturated carbocycles. The zero-order chi connectivity index (χ0) is 12.3. The van der Waals surface area contributed by atoms with Gasteiger partial charge in [0.15, 0.2) is 0 Å². The fraction of sp³-hybridized carbons (Fsp3) is 0.429. The Labute approximate surface area is 97.6 Å². The van der Waals surface area contributed by atoms with Crippen molar-refractivity contribution >= 4 is 5.76 Å². The van der Waals surface area contributed by atoms with E-state index in [0.717, 1.165) is 11.3 Å². The zero-order valence-electron chi connectivity index (χ0n) is 10.4. The maximum atomic E-state index is 9.36. The van der Waals surface area contributed by atoms with Gasteiger partial charge in [-0.25, -0.2) is 0 Å². The van der Waals surface area contributed by atoms with Gasteiger partial charge >= 0.3 is 0 Å². The van der Waals surface area contributed by atoms with Crippen molar-refractivity contribution in [2.45, 2.75) is 39.7 Å². The molecule has 16 heavy (non-hydrogen) atoms. The molecule has 1 aromatic carbocycles. The quantitative estimate of drug-likeness (QED) is 0.773. The summed E-state index contributed by atoms with van der Waals surface area (Å²) in [4.78, 5) is 0. The van der Waals surface area contributed by atoms with Crippen molar-refractivity contribution in [3.8, 4) is 5.75 Å². The van der Waals surface area contributed by atoms with E-state index in [1.54, 1.807) is 0 Å². The van der Waals surface area contributed by atoms with Gasteiger partial charge in [0.2, 0.25) is 0 Å². The van der Waals surface area contributed by atoms with E-state index in [4.69, 9.17) is 4.74 Å². The Morgan fingerprint density at radius 2 is 1.88 bits per heavy atom. The normalized spacial score (nSPS) is 10.9. The van der Waals surface area contributed by atoms with Crippen LogP contribution in [0.1, 0.15) is 44.7 Å². The molecular weight excluding hydrogens is 200 g/mol. The van der Waals surface area contributed by atoms with E-state index >= 15 is 0 Å². The summed E-state index contributed by atoms with van der Waals surface area (Å²) < 4.78 is 5.75. The number of aliphatic hydroxyl groups excluding tert-OH is 1. The maximum absolute atomic E-state index is 9.36. The van der Waals surface area contributed by atoms with E-state index in [9.17, 15) is 5.11 Å². The van der Waals surface area contributed by atoms with Crippen molar-refractivity contribution < 1.29 is 9.84 Å². The van der Waals surface area contributed by atoms with Crippen LogP contribution in [0.2, 0.25) is 0 Å². The van der Waals surface area contributed by atoms with Gasteiger partial charge < -0.3 is 9.84 Å². The fourth-order valence-corrected chi connectivity index (χ4v) is 1.55. The SMILES string of the molecule is C=C(O)c1ccc(C(C)C)c(OC(C)C)c1. The van der Waals surface area contributed by atoms with Gasteiger partial charge in [0.25, 0.3) is 0 Å². The third kappa shape index (κ3) is 3.02. The number of aliphatic hydroxyl groups is 1. The highest BCUT2D eigenvalue weighted by atomic mass is 16.5. The molecule has 0 atom stereocenters. The first kappa shape index (κ1) is 12.6. The molecule has 0 aliphatic rings. The molecule has 0 amide bonds. The second-order valence-electron chi connectivity index (χ2n) is 4.52. The Bertz CT molecular complexity index is 378. The van der Waals surface area contributed by atoms with Crippen LogP contribution in [0.25, 0.3) is 5.76 Å². The standard InChI is InChI=1S/C14H20O2/c1-9(2)13-7-6-12(11(5)15)8-14(13)16-10(3)4/h6-10,15H,5H2,1-4H3. The Balaban J connectivity index is 3.15. The minimum absolute atomic E-state index is 0.0731. The first-order valence-electron chi connectivity index (χ1n) is 5.60. The molecule has 0 saturated heterocycles. The van der Waals surface area contributed by atoms with Crippen molar-refractivity contribution in [3.63, 3.8) is 0 Å². The van der Waals surface area contributed by atoms with Crippen LogP contribution < -0.4 is 4.74 Å². The lowest BCUT2D eigenvalue weighted by Crippen LogP contribution is -2.08. The lowest BCUT2D eigenvalue weighted by Gasteiger charge is -2.17. The van der Waals surface area contributed by atoms with E-state index < -0.39 is 0 Å². The topological polar surface area (TPSA) is 29.5 Å². The Kier molecular flexibility index (Phi) is 3.99. The van der Waals surface area contributed by atoms with Crippen LogP contribution in [-0.2, 0) is 0 Å². The van der Waals surface area contributed by atoms with E-state index in [2.05, 4.69) is 20.4 Å². The summed E-state index contributed by atoms with van der Waals surface area (Å²) in [6.45, 7) is 11.7. The molecule has 1 aromatic rings. The van der Waals surface area contributed by atoms with Crippen LogP contribution in [0, 0.1) is 0 Å². The number of ether oxygens (including phenoxy) is 1. The van der Waals surface area contributed by atoms with E-state index in [1.165, 1.54) is 0 Å². The molecule has 0 heterocycles. The van der Waals surface area contributed by atoms with Crippen LogP contribution in [-0.4, -0.2) is 11.2 Å². The molecule has 2 heteroatoms. The smallest absolute Gasteiger partial charge is 0.123 e. The maximum Gasteiger partial charge on any atom is 0.123 e. The predicted octanol–water partition coefficient (Wildman–Crippen LogP) is 4.13. The third-order valence-corrected chi connectivity index (χ3v) is 2.33. The monoisotopic (exact) mass is 220 g/mol. The number of rotatable bonds is 4. The molecule has 0 spiro atoms. The van der Waals surface area contributed by atoms with Gasteiger partial charge in [0.05, 0.1) is 6.10 Å². The lowest BCUT2D eigenvalue weighted by molar-refractivity contribution is 0.239. The van der Waals surface area contributed by atoms with Crippen LogP contribution >= 0.6 is 0 Å². The minimum Gasteiger partial charge on any atom is -0.508 e. The van der Waals surface area contributed by atoms with E-state index in [1.807, 2.05) is 32.0 Å². The first-order chi connectivity index (χ1) is 7.41. The Morgan fingerprint density at radius 3 is 2.31 bits per heavy atom.